The molecule has 4 atom stereocenters. The smallest absolute Gasteiger partial charge is 0.305 e. The zero-order chi connectivity index (χ0) is 30.8. The third-order valence-electron chi connectivity index (χ3n) is 9.48. The number of rotatable bonds is 16. The maximum Gasteiger partial charge on any atom is 0.305 e. The molecule has 0 radical (unpaired) electrons. The number of unbranched alkanes of at least 4 members (excludes halogenated alkanes) is 3. The molecule has 0 N–H and O–H groups in total. The maximum absolute atomic E-state index is 12.9. The van der Waals surface area contributed by atoms with Gasteiger partial charge in [-0.3, -0.25) is 9.59 Å². The Morgan fingerprint density at radius 1 is 0.850 bits per heavy atom. The van der Waals surface area contributed by atoms with Gasteiger partial charge in [0.2, 0.25) is 0 Å². The molecule has 40 heavy (non-hydrogen) atoms. The number of esters is 1. The van der Waals surface area contributed by atoms with Gasteiger partial charge < -0.3 is 13.6 Å². The summed E-state index contributed by atoms with van der Waals surface area (Å²) in [4.78, 5) is 24.8. The van der Waals surface area contributed by atoms with Gasteiger partial charge in [0.15, 0.2) is 22.4 Å². The maximum atomic E-state index is 12.9. The van der Waals surface area contributed by atoms with Crippen LogP contribution in [0.1, 0.15) is 106 Å². The molecule has 0 aromatic carbocycles. The van der Waals surface area contributed by atoms with Crippen LogP contribution in [0, 0.1) is 11.8 Å². The Morgan fingerprint density at radius 2 is 1.43 bits per heavy atom. The topological polar surface area (TPSA) is 61.8 Å². The molecule has 1 saturated carbocycles. The molecule has 1 aliphatic rings. The van der Waals surface area contributed by atoms with Gasteiger partial charge in [-0.2, -0.15) is 0 Å². The Kier molecular flexibility index (Phi) is 14.8. The molecule has 1 aliphatic carbocycles. The number of carbonyl (C=O) groups is 2. The molecular weight excluding hydrogens is 533 g/mol. The Labute approximate surface area is 249 Å². The normalized spacial score (nSPS) is 22.9. The van der Waals surface area contributed by atoms with Gasteiger partial charge in [0, 0.05) is 18.8 Å². The minimum atomic E-state index is -2.06. The Balaban J connectivity index is 3.29. The van der Waals surface area contributed by atoms with E-state index in [1.54, 1.807) is 6.08 Å². The fourth-order valence-electron chi connectivity index (χ4n) is 4.80. The lowest BCUT2D eigenvalue weighted by atomic mass is 9.88. The van der Waals surface area contributed by atoms with Crippen LogP contribution < -0.4 is 0 Å². The minimum absolute atomic E-state index is 0.00702. The summed E-state index contributed by atoms with van der Waals surface area (Å²) in [6.45, 7) is 25.1. The minimum Gasteiger partial charge on any atom is -0.469 e. The number of ketones is 1. The highest BCUT2D eigenvalue weighted by atomic mass is 28.4. The van der Waals surface area contributed by atoms with Crippen LogP contribution in [0.15, 0.2) is 24.3 Å². The fourth-order valence-corrected chi connectivity index (χ4v) is 7.55. The van der Waals surface area contributed by atoms with Crippen LogP contribution >= 0.6 is 0 Å². The number of hydrogen-bond acceptors (Lipinski definition) is 5. The molecule has 7 heteroatoms. The zero-order valence-corrected chi connectivity index (χ0v) is 30.0. The molecule has 5 nitrogen and oxygen atoms in total. The van der Waals surface area contributed by atoms with Gasteiger partial charge in [0.25, 0.3) is 0 Å². The van der Waals surface area contributed by atoms with Gasteiger partial charge in [-0.05, 0) is 80.4 Å². The lowest BCUT2D eigenvalue weighted by Crippen LogP contribution is -2.45. The molecule has 0 aromatic heterocycles. The first-order chi connectivity index (χ1) is 18.4. The predicted molar refractivity (Wildman–Crippen MR) is 174 cm³/mol. The van der Waals surface area contributed by atoms with E-state index in [0.29, 0.717) is 12.8 Å². The number of hydrogen-bond donors (Lipinski definition) is 0. The van der Waals surface area contributed by atoms with Crippen LogP contribution in [0.25, 0.3) is 0 Å². The lowest BCUT2D eigenvalue weighted by Gasteiger charge is -2.40. The van der Waals surface area contributed by atoms with Crippen molar-refractivity contribution in [3.8, 4) is 0 Å². The van der Waals surface area contributed by atoms with Crippen molar-refractivity contribution < 1.29 is 23.2 Å². The van der Waals surface area contributed by atoms with Gasteiger partial charge in [0.1, 0.15) is 0 Å². The van der Waals surface area contributed by atoms with Crippen molar-refractivity contribution >= 4 is 28.4 Å². The second-order valence-electron chi connectivity index (χ2n) is 14.8. The Bertz CT molecular complexity index is 848. The molecule has 0 amide bonds. The van der Waals surface area contributed by atoms with Crippen LogP contribution in [0.3, 0.4) is 0 Å². The van der Waals surface area contributed by atoms with Crippen molar-refractivity contribution in [1.82, 2.24) is 0 Å². The average molecular weight is 595 g/mol. The molecule has 232 valence electrons. The van der Waals surface area contributed by atoms with Crippen LogP contribution in [-0.4, -0.2) is 47.7 Å². The van der Waals surface area contributed by atoms with E-state index in [4.69, 9.17) is 13.6 Å². The van der Waals surface area contributed by atoms with E-state index in [9.17, 15) is 9.59 Å². The summed E-state index contributed by atoms with van der Waals surface area (Å²) in [7, 11) is -2.67. The monoisotopic (exact) mass is 594 g/mol. The summed E-state index contributed by atoms with van der Waals surface area (Å²) in [5.41, 5.74) is 0. The van der Waals surface area contributed by atoms with E-state index in [1.807, 2.05) is 6.08 Å². The average Bonchev–Trinajstić information content (AvgIpc) is 3.12. The Morgan fingerprint density at radius 3 is 1.95 bits per heavy atom. The standard InChI is InChI=1S/C33H62O5Si2/c1-13-14-15-16-17-18-20-26(34)23-24-28-27(21-19-22-31(35)36-8)29(37-39(9,10)32(2,3)4)25-30(28)38-40(11,12)33(5,6)7/h17-18,23-24,27-30H,13-16,19-22,25H2,1-12H3/b18-17-,24-23+/t27-,28+,29-,30+/m0/s1. The van der Waals surface area contributed by atoms with Crippen molar-refractivity contribution in [2.24, 2.45) is 11.8 Å². The lowest BCUT2D eigenvalue weighted by molar-refractivity contribution is -0.140. The summed E-state index contributed by atoms with van der Waals surface area (Å²) in [5, 5.41) is 0.172. The molecule has 0 bridgehead atoms. The molecular formula is C33H62O5Si2. The number of ether oxygens (including phenoxy) is 1. The summed E-state index contributed by atoms with van der Waals surface area (Å²) in [6.07, 6.45) is 15.9. The van der Waals surface area contributed by atoms with E-state index in [2.05, 4.69) is 86.8 Å². The quantitative estimate of drug-likeness (QED) is 0.0585. The van der Waals surface area contributed by atoms with Gasteiger partial charge >= 0.3 is 5.97 Å². The van der Waals surface area contributed by atoms with Crippen molar-refractivity contribution in [2.75, 3.05) is 7.11 Å². The fraction of sp³-hybridized carbons (Fsp3) is 0.818. The summed E-state index contributed by atoms with van der Waals surface area (Å²) < 4.78 is 19.0. The molecule has 0 saturated heterocycles. The van der Waals surface area contributed by atoms with Crippen LogP contribution in [-0.2, 0) is 23.2 Å². The summed E-state index contributed by atoms with van der Waals surface area (Å²) in [5.74, 6) is 0.197. The Hall–Kier alpha value is -1.03. The highest BCUT2D eigenvalue weighted by Crippen LogP contribution is 2.48. The van der Waals surface area contributed by atoms with Gasteiger partial charge in [0.05, 0.1) is 19.3 Å². The first kappa shape index (κ1) is 37.0. The van der Waals surface area contributed by atoms with E-state index >= 15 is 0 Å². The largest absolute Gasteiger partial charge is 0.469 e. The van der Waals surface area contributed by atoms with E-state index in [-0.39, 0.29) is 45.9 Å². The highest BCUT2D eigenvalue weighted by molar-refractivity contribution is 6.74. The first-order valence-corrected chi connectivity index (χ1v) is 21.5. The third kappa shape index (κ3) is 11.7. The van der Waals surface area contributed by atoms with Crippen molar-refractivity contribution in [2.45, 2.75) is 155 Å². The third-order valence-corrected chi connectivity index (χ3v) is 18.5. The number of carbonyl (C=O) groups excluding carboxylic acids is 2. The molecule has 0 heterocycles. The molecule has 1 rings (SSSR count). The van der Waals surface area contributed by atoms with Crippen LogP contribution in [0.2, 0.25) is 36.3 Å². The predicted octanol–water partition coefficient (Wildman–Crippen LogP) is 9.40. The van der Waals surface area contributed by atoms with Crippen LogP contribution in [0.4, 0.5) is 0 Å². The SMILES string of the molecule is CCCCC/C=C\CC(=O)/C=C/[C@@H]1[C@H](CCCC(=O)OC)[C@@H](O[Si](C)(C)C(C)(C)C)C[C@H]1O[Si](C)(C)C(C)(C)C. The molecule has 0 spiro atoms. The van der Waals surface area contributed by atoms with Crippen LogP contribution in [0.5, 0.6) is 0 Å². The molecule has 0 aliphatic heterocycles. The van der Waals surface area contributed by atoms with Crippen molar-refractivity contribution in [3.05, 3.63) is 24.3 Å². The number of allylic oxidation sites excluding steroid dienone is 3. The number of methoxy groups -OCH3 is 1. The van der Waals surface area contributed by atoms with E-state index in [0.717, 1.165) is 25.7 Å². The second kappa shape index (κ2) is 16.0. The van der Waals surface area contributed by atoms with Crippen molar-refractivity contribution in [1.29, 1.82) is 0 Å². The van der Waals surface area contributed by atoms with Gasteiger partial charge in [-0.25, -0.2) is 0 Å². The first-order valence-electron chi connectivity index (χ1n) is 15.6. The van der Waals surface area contributed by atoms with Gasteiger partial charge in [-0.1, -0.05) is 79.5 Å². The summed E-state index contributed by atoms with van der Waals surface area (Å²) >= 11 is 0. The highest BCUT2D eigenvalue weighted by Gasteiger charge is 2.50. The van der Waals surface area contributed by atoms with Crippen molar-refractivity contribution in [3.63, 3.8) is 0 Å². The molecule has 1 fully saturated rings. The van der Waals surface area contributed by atoms with E-state index < -0.39 is 16.6 Å². The molecule has 0 aromatic rings. The zero-order valence-electron chi connectivity index (χ0n) is 28.0. The summed E-state index contributed by atoms with van der Waals surface area (Å²) in [6, 6.07) is 0. The molecule has 0 unspecified atom stereocenters. The van der Waals surface area contributed by atoms with Gasteiger partial charge in [-0.15, -0.1) is 0 Å². The second-order valence-corrected chi connectivity index (χ2v) is 24.3. The van der Waals surface area contributed by atoms with E-state index in [1.165, 1.54) is 26.4 Å².